The lowest BCUT2D eigenvalue weighted by atomic mass is 9.88. The Bertz CT molecular complexity index is 814. The highest BCUT2D eigenvalue weighted by atomic mass is 35.5. The minimum absolute atomic E-state index is 0.421. The largest absolute Gasteiger partial charge is 0.315 e. The van der Waals surface area contributed by atoms with Crippen molar-refractivity contribution < 1.29 is 0 Å². The van der Waals surface area contributed by atoms with E-state index in [1.165, 1.54) is 11.1 Å². The zero-order valence-corrected chi connectivity index (χ0v) is 18.1. The summed E-state index contributed by atoms with van der Waals surface area (Å²) in [6.07, 6.45) is 1.98. The van der Waals surface area contributed by atoms with Crippen LogP contribution in [0.25, 0.3) is 0 Å². The fraction of sp³-hybridized carbons (Fsp3) is 0.280. The van der Waals surface area contributed by atoms with Crippen molar-refractivity contribution in [2.75, 3.05) is 26.2 Å². The van der Waals surface area contributed by atoms with Gasteiger partial charge in [0.2, 0.25) is 0 Å². The molecule has 0 saturated heterocycles. The Labute approximate surface area is 184 Å². The van der Waals surface area contributed by atoms with Crippen LogP contribution < -0.4 is 10.6 Å². The molecule has 0 fully saturated rings. The first-order chi connectivity index (χ1) is 14.2. The fourth-order valence-corrected chi connectivity index (χ4v) is 4.02. The fourth-order valence-electron chi connectivity index (χ4n) is 3.52. The quantitative estimate of drug-likeness (QED) is 0.370. The van der Waals surface area contributed by atoms with Gasteiger partial charge in [-0.1, -0.05) is 89.9 Å². The Morgan fingerprint density at radius 2 is 1.24 bits per heavy atom. The Morgan fingerprint density at radius 3 is 1.83 bits per heavy atom. The summed E-state index contributed by atoms with van der Waals surface area (Å²) in [6, 6.07) is 27.2. The summed E-state index contributed by atoms with van der Waals surface area (Å²) in [4.78, 5) is 0. The third kappa shape index (κ3) is 7.17. The highest BCUT2D eigenvalue weighted by Crippen LogP contribution is 2.27. The molecule has 152 valence electrons. The second-order valence-corrected chi connectivity index (χ2v) is 7.99. The maximum atomic E-state index is 6.22. The molecular formula is C25H28Cl2N2. The van der Waals surface area contributed by atoms with E-state index in [1.54, 1.807) is 6.07 Å². The number of hydrogen-bond acceptors (Lipinski definition) is 2. The van der Waals surface area contributed by atoms with Gasteiger partial charge in [0.05, 0.1) is 0 Å². The number of nitrogens with one attached hydrogen (secondary N) is 2. The average molecular weight is 427 g/mol. The predicted octanol–water partition coefficient (Wildman–Crippen LogP) is 5.94. The smallest absolute Gasteiger partial charge is 0.0453 e. The maximum absolute atomic E-state index is 6.22. The van der Waals surface area contributed by atoms with Gasteiger partial charge < -0.3 is 10.6 Å². The van der Waals surface area contributed by atoms with E-state index in [9.17, 15) is 0 Å². The van der Waals surface area contributed by atoms with Crippen LogP contribution in [-0.2, 0) is 6.42 Å². The van der Waals surface area contributed by atoms with Gasteiger partial charge in [0, 0.05) is 29.1 Å². The average Bonchev–Trinajstić information content (AvgIpc) is 2.75. The lowest BCUT2D eigenvalue weighted by Gasteiger charge is -2.18. The summed E-state index contributed by atoms with van der Waals surface area (Å²) < 4.78 is 0. The predicted molar refractivity (Wildman–Crippen MR) is 125 cm³/mol. The molecule has 3 aromatic rings. The summed E-state index contributed by atoms with van der Waals surface area (Å²) >= 11 is 12.2. The van der Waals surface area contributed by atoms with E-state index in [0.717, 1.165) is 49.6 Å². The Morgan fingerprint density at radius 1 is 0.655 bits per heavy atom. The van der Waals surface area contributed by atoms with Crippen molar-refractivity contribution in [3.05, 3.63) is 106 Å². The highest BCUT2D eigenvalue weighted by Gasteiger charge is 2.13. The lowest BCUT2D eigenvalue weighted by molar-refractivity contribution is 0.579. The van der Waals surface area contributed by atoms with E-state index in [0.29, 0.717) is 10.9 Å². The SMILES string of the molecule is Clc1ccc(CCNCCNCCC(c2ccccc2)c2ccccc2)c(Cl)c1. The van der Waals surface area contributed by atoms with Gasteiger partial charge in [-0.15, -0.1) is 0 Å². The molecule has 4 heteroatoms. The highest BCUT2D eigenvalue weighted by molar-refractivity contribution is 6.35. The minimum Gasteiger partial charge on any atom is -0.315 e. The van der Waals surface area contributed by atoms with Crippen LogP contribution in [0.1, 0.15) is 29.0 Å². The van der Waals surface area contributed by atoms with Gasteiger partial charge in [-0.3, -0.25) is 0 Å². The molecule has 3 aromatic carbocycles. The van der Waals surface area contributed by atoms with Crippen molar-refractivity contribution >= 4 is 23.2 Å². The maximum Gasteiger partial charge on any atom is 0.0453 e. The molecular weight excluding hydrogens is 399 g/mol. The van der Waals surface area contributed by atoms with Gasteiger partial charge in [-0.25, -0.2) is 0 Å². The molecule has 0 heterocycles. The topological polar surface area (TPSA) is 24.1 Å². The van der Waals surface area contributed by atoms with Crippen LogP contribution in [0.15, 0.2) is 78.9 Å². The molecule has 0 atom stereocenters. The van der Waals surface area contributed by atoms with Gasteiger partial charge in [-0.2, -0.15) is 0 Å². The number of halogens is 2. The summed E-state index contributed by atoms with van der Waals surface area (Å²) in [5, 5.41) is 8.46. The van der Waals surface area contributed by atoms with Crippen molar-refractivity contribution in [2.24, 2.45) is 0 Å². The van der Waals surface area contributed by atoms with Gasteiger partial charge in [0.1, 0.15) is 0 Å². The normalized spacial score (nSPS) is 11.1. The lowest BCUT2D eigenvalue weighted by Crippen LogP contribution is -2.29. The van der Waals surface area contributed by atoms with E-state index >= 15 is 0 Å². The third-order valence-corrected chi connectivity index (χ3v) is 5.67. The van der Waals surface area contributed by atoms with E-state index in [2.05, 4.69) is 71.3 Å². The van der Waals surface area contributed by atoms with Crippen molar-refractivity contribution in [2.45, 2.75) is 18.8 Å². The standard InChI is InChI=1S/C25H28Cl2N2/c26-23-12-11-22(25(27)19-23)13-15-28-17-18-29-16-14-24(20-7-3-1-4-8-20)21-9-5-2-6-10-21/h1-12,19,24,28-29H,13-18H2. The van der Waals surface area contributed by atoms with Crippen LogP contribution in [0.4, 0.5) is 0 Å². The molecule has 0 spiro atoms. The van der Waals surface area contributed by atoms with Gasteiger partial charge in [0.15, 0.2) is 0 Å². The Kier molecular flexibility index (Phi) is 9.04. The van der Waals surface area contributed by atoms with Gasteiger partial charge >= 0.3 is 0 Å². The van der Waals surface area contributed by atoms with Crippen LogP contribution in [0.3, 0.4) is 0 Å². The number of hydrogen-bond donors (Lipinski definition) is 2. The van der Waals surface area contributed by atoms with Gasteiger partial charge in [-0.05, 0) is 54.8 Å². The van der Waals surface area contributed by atoms with E-state index in [1.807, 2.05) is 12.1 Å². The second-order valence-electron chi connectivity index (χ2n) is 7.15. The van der Waals surface area contributed by atoms with Crippen LogP contribution >= 0.6 is 23.2 Å². The van der Waals surface area contributed by atoms with E-state index in [-0.39, 0.29) is 0 Å². The summed E-state index contributed by atoms with van der Waals surface area (Å²) in [5.74, 6) is 0.421. The molecule has 0 aliphatic carbocycles. The number of benzene rings is 3. The molecule has 0 aliphatic rings. The molecule has 0 radical (unpaired) electrons. The Balaban J connectivity index is 1.37. The summed E-state index contributed by atoms with van der Waals surface area (Å²) in [5.41, 5.74) is 3.88. The van der Waals surface area contributed by atoms with Crippen molar-refractivity contribution in [1.82, 2.24) is 10.6 Å². The van der Waals surface area contributed by atoms with Crippen LogP contribution in [0, 0.1) is 0 Å². The van der Waals surface area contributed by atoms with E-state index < -0.39 is 0 Å². The number of rotatable bonds is 11. The summed E-state index contributed by atoms with van der Waals surface area (Å²) in [7, 11) is 0. The molecule has 0 aliphatic heterocycles. The molecule has 0 amide bonds. The van der Waals surface area contributed by atoms with E-state index in [4.69, 9.17) is 23.2 Å². The molecule has 2 nitrogen and oxygen atoms in total. The molecule has 3 rings (SSSR count). The van der Waals surface area contributed by atoms with Crippen molar-refractivity contribution in [3.63, 3.8) is 0 Å². The first kappa shape index (κ1) is 21.9. The second kappa shape index (κ2) is 12.0. The molecule has 0 bridgehead atoms. The zero-order valence-electron chi connectivity index (χ0n) is 16.6. The molecule has 0 unspecified atom stereocenters. The zero-order chi connectivity index (χ0) is 20.3. The first-order valence-electron chi connectivity index (χ1n) is 10.2. The van der Waals surface area contributed by atoms with Crippen LogP contribution in [0.2, 0.25) is 10.0 Å². The Hall–Kier alpha value is -1.84. The van der Waals surface area contributed by atoms with Crippen molar-refractivity contribution in [3.8, 4) is 0 Å². The van der Waals surface area contributed by atoms with Crippen molar-refractivity contribution in [1.29, 1.82) is 0 Å². The first-order valence-corrected chi connectivity index (χ1v) is 10.9. The summed E-state index contributed by atoms with van der Waals surface area (Å²) in [6.45, 7) is 3.77. The van der Waals surface area contributed by atoms with Crippen LogP contribution in [0.5, 0.6) is 0 Å². The minimum atomic E-state index is 0.421. The molecule has 2 N–H and O–H groups in total. The molecule has 29 heavy (non-hydrogen) atoms. The monoisotopic (exact) mass is 426 g/mol. The van der Waals surface area contributed by atoms with Crippen LogP contribution in [-0.4, -0.2) is 26.2 Å². The van der Waals surface area contributed by atoms with Gasteiger partial charge in [0.25, 0.3) is 0 Å². The third-order valence-electron chi connectivity index (χ3n) is 5.08. The molecule has 0 aromatic heterocycles. The molecule has 0 saturated carbocycles.